The fourth-order valence-electron chi connectivity index (χ4n) is 1.72. The molecule has 0 atom stereocenters. The van der Waals surface area contributed by atoms with Crippen LogP contribution in [0.2, 0.25) is 0 Å². The molecule has 0 aliphatic rings. The van der Waals surface area contributed by atoms with Gasteiger partial charge in [0, 0.05) is 35.0 Å². The van der Waals surface area contributed by atoms with Crippen LogP contribution in [-0.2, 0) is 6.42 Å². The lowest BCUT2D eigenvalue weighted by Crippen LogP contribution is -2.06. The van der Waals surface area contributed by atoms with Crippen LogP contribution in [0, 0.1) is 13.7 Å². The third-order valence-corrected chi connectivity index (χ3v) is 3.29. The lowest BCUT2D eigenvalue weighted by Gasteiger charge is -2.06. The van der Waals surface area contributed by atoms with E-state index in [1.54, 1.807) is 24.5 Å². The molecule has 2 rings (SSSR count). The van der Waals surface area contributed by atoms with Gasteiger partial charge < -0.3 is 10.3 Å². The molecule has 0 amide bonds. The molecule has 19 heavy (non-hydrogen) atoms. The second-order valence-electron chi connectivity index (χ2n) is 3.98. The maximum atomic E-state index is 10.9. The first-order valence-electron chi connectivity index (χ1n) is 5.83. The molecule has 2 N–H and O–H groups in total. The summed E-state index contributed by atoms with van der Waals surface area (Å²) in [6.07, 6.45) is 5.17. The predicted octanol–water partition coefficient (Wildman–Crippen LogP) is 2.97. The van der Waals surface area contributed by atoms with E-state index in [0.717, 1.165) is 22.2 Å². The molecule has 0 radical (unpaired) electrons. The number of nitro benzene ring substituents is 1. The summed E-state index contributed by atoms with van der Waals surface area (Å²) in [7, 11) is 0. The van der Waals surface area contributed by atoms with E-state index in [-0.39, 0.29) is 10.6 Å². The maximum Gasteiger partial charge on any atom is 0.293 e. The van der Waals surface area contributed by atoms with Crippen molar-refractivity contribution < 1.29 is 4.92 Å². The van der Waals surface area contributed by atoms with Crippen LogP contribution in [0.5, 0.6) is 0 Å². The number of benzene rings is 1. The largest absolute Gasteiger partial charge is 0.379 e. The van der Waals surface area contributed by atoms with Gasteiger partial charge in [0.2, 0.25) is 0 Å². The van der Waals surface area contributed by atoms with E-state index < -0.39 is 0 Å². The molecule has 1 aromatic carbocycles. The van der Waals surface area contributed by atoms with Gasteiger partial charge in [-0.3, -0.25) is 10.1 Å². The first-order valence-corrected chi connectivity index (χ1v) is 6.91. The third kappa shape index (κ3) is 3.91. The minimum Gasteiger partial charge on any atom is -0.379 e. The molecule has 6 nitrogen and oxygen atoms in total. The van der Waals surface area contributed by atoms with E-state index in [2.05, 4.69) is 37.9 Å². The summed E-state index contributed by atoms with van der Waals surface area (Å²) in [5.41, 5.74) is 0.676. The van der Waals surface area contributed by atoms with Crippen LogP contribution >= 0.6 is 22.6 Å². The predicted molar refractivity (Wildman–Crippen MR) is 81.2 cm³/mol. The summed E-state index contributed by atoms with van der Waals surface area (Å²) in [5, 5.41) is 14.0. The van der Waals surface area contributed by atoms with E-state index in [4.69, 9.17) is 0 Å². The molecule has 0 saturated carbocycles. The number of H-pyrrole nitrogens is 1. The normalized spacial score (nSPS) is 10.4. The number of nitro groups is 1. The van der Waals surface area contributed by atoms with E-state index in [0.29, 0.717) is 12.2 Å². The van der Waals surface area contributed by atoms with Crippen LogP contribution in [-0.4, -0.2) is 21.4 Å². The number of nitrogens with one attached hydrogen (secondary N) is 2. The Labute approximate surface area is 123 Å². The smallest absolute Gasteiger partial charge is 0.293 e. The van der Waals surface area contributed by atoms with E-state index in [1.807, 2.05) is 6.07 Å². The highest BCUT2D eigenvalue weighted by molar-refractivity contribution is 14.1. The minimum absolute atomic E-state index is 0.116. The Morgan fingerprint density at radius 3 is 3.00 bits per heavy atom. The molecular formula is C12H13IN4O2. The van der Waals surface area contributed by atoms with Crippen LogP contribution in [0.4, 0.5) is 11.4 Å². The number of aromatic amines is 1. The van der Waals surface area contributed by atoms with Gasteiger partial charge in [0.1, 0.15) is 11.5 Å². The Bertz CT molecular complexity index is 557. The summed E-state index contributed by atoms with van der Waals surface area (Å²) in [6.45, 7) is 0.669. The summed E-state index contributed by atoms with van der Waals surface area (Å²) in [5.74, 6) is 0.930. The second-order valence-corrected chi connectivity index (χ2v) is 5.23. The van der Waals surface area contributed by atoms with Gasteiger partial charge in [-0.25, -0.2) is 4.98 Å². The maximum absolute atomic E-state index is 10.9. The standard InChI is InChI=1S/C12H13IN4O2/c13-9-3-4-10(11(8-9)17(18)19)14-5-1-2-12-15-6-7-16-12/h3-4,6-8,14H,1-2,5H2,(H,15,16). The van der Waals surface area contributed by atoms with Crippen molar-refractivity contribution in [3.8, 4) is 0 Å². The first kappa shape index (κ1) is 13.8. The number of halogens is 1. The first-order chi connectivity index (χ1) is 9.16. The van der Waals surface area contributed by atoms with Gasteiger partial charge in [-0.05, 0) is 41.1 Å². The van der Waals surface area contributed by atoms with Crippen molar-refractivity contribution >= 4 is 34.0 Å². The lowest BCUT2D eigenvalue weighted by atomic mass is 10.2. The topological polar surface area (TPSA) is 83.8 Å². The van der Waals surface area contributed by atoms with Gasteiger partial charge in [-0.2, -0.15) is 0 Å². The summed E-state index contributed by atoms with van der Waals surface area (Å²) >= 11 is 2.06. The molecule has 1 heterocycles. The van der Waals surface area contributed by atoms with Gasteiger partial charge in [0.25, 0.3) is 5.69 Å². The molecular weight excluding hydrogens is 359 g/mol. The number of aromatic nitrogens is 2. The highest BCUT2D eigenvalue weighted by Gasteiger charge is 2.13. The van der Waals surface area contributed by atoms with Crippen LogP contribution in [0.1, 0.15) is 12.2 Å². The van der Waals surface area contributed by atoms with Gasteiger partial charge in [0.05, 0.1) is 4.92 Å². The SMILES string of the molecule is O=[N+]([O-])c1cc(I)ccc1NCCCc1ncc[nH]1. The van der Waals surface area contributed by atoms with Crippen molar-refractivity contribution in [1.82, 2.24) is 9.97 Å². The molecule has 0 fully saturated rings. The van der Waals surface area contributed by atoms with Crippen LogP contribution in [0.25, 0.3) is 0 Å². The highest BCUT2D eigenvalue weighted by Crippen LogP contribution is 2.26. The Morgan fingerprint density at radius 1 is 1.47 bits per heavy atom. The zero-order valence-electron chi connectivity index (χ0n) is 10.1. The molecule has 0 saturated heterocycles. The second kappa shape index (κ2) is 6.50. The number of aryl methyl sites for hydroxylation is 1. The Kier molecular flexibility index (Phi) is 4.72. The van der Waals surface area contributed by atoms with E-state index in [9.17, 15) is 10.1 Å². The highest BCUT2D eigenvalue weighted by atomic mass is 127. The monoisotopic (exact) mass is 372 g/mol. The summed E-state index contributed by atoms with van der Waals surface area (Å²) in [6, 6.07) is 5.16. The molecule has 7 heteroatoms. The number of hydrogen-bond acceptors (Lipinski definition) is 4. The van der Waals surface area contributed by atoms with Gasteiger partial charge >= 0.3 is 0 Å². The average Bonchev–Trinajstić information content (AvgIpc) is 2.89. The van der Waals surface area contributed by atoms with Gasteiger partial charge in [0.15, 0.2) is 0 Å². The fourth-order valence-corrected chi connectivity index (χ4v) is 2.19. The van der Waals surface area contributed by atoms with Gasteiger partial charge in [-0.1, -0.05) is 0 Å². The molecule has 2 aromatic rings. The van der Waals surface area contributed by atoms with Crippen LogP contribution in [0.15, 0.2) is 30.6 Å². The van der Waals surface area contributed by atoms with Gasteiger partial charge in [-0.15, -0.1) is 0 Å². The molecule has 0 spiro atoms. The van der Waals surface area contributed by atoms with Crippen molar-refractivity contribution in [2.45, 2.75) is 12.8 Å². The lowest BCUT2D eigenvalue weighted by molar-refractivity contribution is -0.384. The number of hydrogen-bond donors (Lipinski definition) is 2. The molecule has 0 aliphatic heterocycles. The fraction of sp³-hybridized carbons (Fsp3) is 0.250. The average molecular weight is 372 g/mol. The van der Waals surface area contributed by atoms with E-state index in [1.165, 1.54) is 0 Å². The Balaban J connectivity index is 1.90. The minimum atomic E-state index is -0.364. The number of imidazole rings is 1. The van der Waals surface area contributed by atoms with Crippen molar-refractivity contribution in [1.29, 1.82) is 0 Å². The molecule has 100 valence electrons. The van der Waals surface area contributed by atoms with Crippen LogP contribution in [0.3, 0.4) is 0 Å². The van der Waals surface area contributed by atoms with Crippen molar-refractivity contribution in [3.05, 3.63) is 50.1 Å². The van der Waals surface area contributed by atoms with Crippen molar-refractivity contribution in [2.75, 3.05) is 11.9 Å². The molecule has 0 aliphatic carbocycles. The molecule has 0 unspecified atom stereocenters. The van der Waals surface area contributed by atoms with E-state index >= 15 is 0 Å². The zero-order valence-corrected chi connectivity index (χ0v) is 12.3. The summed E-state index contributed by atoms with van der Waals surface area (Å²) < 4.78 is 0.852. The van der Waals surface area contributed by atoms with Crippen molar-refractivity contribution in [3.63, 3.8) is 0 Å². The molecule has 1 aromatic heterocycles. The quantitative estimate of drug-likeness (QED) is 0.354. The zero-order chi connectivity index (χ0) is 13.7. The summed E-state index contributed by atoms with van der Waals surface area (Å²) in [4.78, 5) is 17.7. The Morgan fingerprint density at radius 2 is 2.32 bits per heavy atom. The molecule has 0 bridgehead atoms. The van der Waals surface area contributed by atoms with Crippen LogP contribution < -0.4 is 5.32 Å². The number of rotatable bonds is 6. The van der Waals surface area contributed by atoms with Crippen molar-refractivity contribution in [2.24, 2.45) is 0 Å². The number of anilines is 1. The Hall–Kier alpha value is -1.64. The third-order valence-electron chi connectivity index (χ3n) is 2.62. The number of nitrogens with zero attached hydrogens (tertiary/aromatic N) is 2.